The molecule has 0 saturated carbocycles. The lowest BCUT2D eigenvalue weighted by atomic mass is 10.0. The van der Waals surface area contributed by atoms with Gasteiger partial charge in [-0.05, 0) is 49.6 Å². The van der Waals surface area contributed by atoms with E-state index in [0.29, 0.717) is 12.1 Å². The van der Waals surface area contributed by atoms with Crippen molar-refractivity contribution in [1.29, 1.82) is 0 Å². The van der Waals surface area contributed by atoms with Gasteiger partial charge in [0.05, 0.1) is 12.1 Å². The third-order valence-corrected chi connectivity index (χ3v) is 3.28. The van der Waals surface area contributed by atoms with Gasteiger partial charge in [0.15, 0.2) is 0 Å². The quantitative estimate of drug-likeness (QED) is 0.838. The topological polar surface area (TPSA) is 49.3 Å². The average molecular weight is 269 g/mol. The van der Waals surface area contributed by atoms with Gasteiger partial charge in [0.1, 0.15) is 5.75 Å². The lowest BCUT2D eigenvalue weighted by Crippen LogP contribution is -2.15. The third kappa shape index (κ3) is 3.38. The lowest BCUT2D eigenvalue weighted by Gasteiger charge is -2.10. The second-order valence-electron chi connectivity index (χ2n) is 5.18. The molecule has 20 heavy (non-hydrogen) atoms. The first-order valence-corrected chi connectivity index (χ1v) is 6.61. The van der Waals surface area contributed by atoms with E-state index in [1.807, 2.05) is 45.0 Å². The van der Waals surface area contributed by atoms with Crippen molar-refractivity contribution in [2.45, 2.75) is 27.2 Å². The van der Waals surface area contributed by atoms with Crippen LogP contribution >= 0.6 is 0 Å². The molecular weight excluding hydrogens is 250 g/mol. The minimum Gasteiger partial charge on any atom is -0.506 e. The molecule has 0 saturated heterocycles. The Morgan fingerprint density at radius 1 is 1.05 bits per heavy atom. The molecule has 0 heterocycles. The summed E-state index contributed by atoms with van der Waals surface area (Å²) in [4.78, 5) is 12.1. The maximum Gasteiger partial charge on any atom is 0.228 e. The zero-order valence-electron chi connectivity index (χ0n) is 12.0. The Labute approximate surface area is 119 Å². The summed E-state index contributed by atoms with van der Waals surface area (Å²) in [5.41, 5.74) is 4.64. The summed E-state index contributed by atoms with van der Waals surface area (Å²) < 4.78 is 0. The smallest absolute Gasteiger partial charge is 0.228 e. The van der Waals surface area contributed by atoms with Gasteiger partial charge in [-0.2, -0.15) is 0 Å². The van der Waals surface area contributed by atoms with Crippen LogP contribution in [-0.2, 0) is 11.2 Å². The molecule has 0 atom stereocenters. The maximum atomic E-state index is 12.1. The normalized spacial score (nSPS) is 10.3. The number of rotatable bonds is 3. The summed E-state index contributed by atoms with van der Waals surface area (Å²) in [6.45, 7) is 5.89. The standard InChI is InChI=1S/C17H19NO2/c1-11-4-6-13(3)14(8-11)10-17(20)18-15-7-5-12(2)9-16(15)19/h4-9,19H,10H2,1-3H3,(H,18,20). The molecule has 0 radical (unpaired) electrons. The molecule has 2 aromatic carbocycles. The Morgan fingerprint density at radius 2 is 1.70 bits per heavy atom. The molecule has 2 rings (SSSR count). The predicted molar refractivity (Wildman–Crippen MR) is 81.1 cm³/mol. The summed E-state index contributed by atoms with van der Waals surface area (Å²) in [6, 6.07) is 11.3. The van der Waals surface area contributed by atoms with Gasteiger partial charge >= 0.3 is 0 Å². The average Bonchev–Trinajstić information content (AvgIpc) is 2.37. The molecule has 0 aliphatic rings. The number of hydrogen-bond acceptors (Lipinski definition) is 2. The molecule has 0 bridgehead atoms. The van der Waals surface area contributed by atoms with Gasteiger partial charge in [0.25, 0.3) is 0 Å². The Bertz CT molecular complexity index is 647. The number of phenolic OH excluding ortho intramolecular Hbond substituents is 1. The maximum absolute atomic E-state index is 12.1. The number of benzene rings is 2. The van der Waals surface area contributed by atoms with E-state index in [9.17, 15) is 9.90 Å². The first kappa shape index (κ1) is 14.1. The number of carbonyl (C=O) groups is 1. The monoisotopic (exact) mass is 269 g/mol. The summed E-state index contributed by atoms with van der Waals surface area (Å²) in [5, 5.41) is 12.5. The van der Waals surface area contributed by atoms with E-state index < -0.39 is 0 Å². The van der Waals surface area contributed by atoms with Crippen molar-refractivity contribution in [3.8, 4) is 5.75 Å². The molecule has 1 amide bonds. The van der Waals surface area contributed by atoms with Crippen LogP contribution in [-0.4, -0.2) is 11.0 Å². The molecule has 3 nitrogen and oxygen atoms in total. The number of hydrogen-bond donors (Lipinski definition) is 2. The Balaban J connectivity index is 2.11. The van der Waals surface area contributed by atoms with Crippen molar-refractivity contribution in [3.05, 3.63) is 58.7 Å². The van der Waals surface area contributed by atoms with E-state index in [2.05, 4.69) is 5.32 Å². The Morgan fingerprint density at radius 3 is 2.40 bits per heavy atom. The van der Waals surface area contributed by atoms with Crippen molar-refractivity contribution in [2.24, 2.45) is 0 Å². The van der Waals surface area contributed by atoms with Gasteiger partial charge in [0.2, 0.25) is 5.91 Å². The highest BCUT2D eigenvalue weighted by molar-refractivity contribution is 5.93. The molecule has 3 heteroatoms. The fourth-order valence-corrected chi connectivity index (χ4v) is 2.11. The number of phenols is 1. The van der Waals surface area contributed by atoms with Crippen LogP contribution in [0.15, 0.2) is 36.4 Å². The summed E-state index contributed by atoms with van der Waals surface area (Å²) in [5.74, 6) is -0.0304. The summed E-state index contributed by atoms with van der Waals surface area (Å²) in [6.07, 6.45) is 0.306. The molecule has 2 aromatic rings. The largest absolute Gasteiger partial charge is 0.506 e. The van der Waals surface area contributed by atoms with Crippen LogP contribution < -0.4 is 5.32 Å². The van der Waals surface area contributed by atoms with Gasteiger partial charge < -0.3 is 10.4 Å². The highest BCUT2D eigenvalue weighted by Gasteiger charge is 2.09. The van der Waals surface area contributed by atoms with E-state index in [0.717, 1.165) is 22.3 Å². The molecule has 2 N–H and O–H groups in total. The number of amides is 1. The number of nitrogens with one attached hydrogen (secondary N) is 1. The summed E-state index contributed by atoms with van der Waals surface area (Å²) in [7, 11) is 0. The SMILES string of the molecule is Cc1ccc(NC(=O)Cc2cc(C)ccc2C)c(O)c1. The van der Waals surface area contributed by atoms with E-state index >= 15 is 0 Å². The molecule has 0 aliphatic carbocycles. The van der Waals surface area contributed by atoms with Crippen LogP contribution in [0.2, 0.25) is 0 Å². The van der Waals surface area contributed by atoms with Crippen LogP contribution in [0.4, 0.5) is 5.69 Å². The Hall–Kier alpha value is -2.29. The van der Waals surface area contributed by atoms with Crippen LogP contribution in [0.3, 0.4) is 0 Å². The van der Waals surface area contributed by atoms with Gasteiger partial charge in [-0.15, -0.1) is 0 Å². The van der Waals surface area contributed by atoms with E-state index in [1.54, 1.807) is 12.1 Å². The number of aryl methyl sites for hydroxylation is 3. The van der Waals surface area contributed by atoms with Crippen molar-refractivity contribution >= 4 is 11.6 Å². The Kier molecular flexibility index (Phi) is 4.08. The van der Waals surface area contributed by atoms with Crippen LogP contribution in [0.1, 0.15) is 22.3 Å². The molecule has 0 spiro atoms. The van der Waals surface area contributed by atoms with E-state index in [4.69, 9.17) is 0 Å². The molecule has 0 aliphatic heterocycles. The van der Waals surface area contributed by atoms with Gasteiger partial charge in [-0.25, -0.2) is 0 Å². The third-order valence-electron chi connectivity index (χ3n) is 3.28. The lowest BCUT2D eigenvalue weighted by molar-refractivity contribution is -0.115. The van der Waals surface area contributed by atoms with Gasteiger partial charge in [-0.1, -0.05) is 29.8 Å². The van der Waals surface area contributed by atoms with Crippen molar-refractivity contribution in [3.63, 3.8) is 0 Å². The van der Waals surface area contributed by atoms with E-state index in [1.165, 1.54) is 0 Å². The molecule has 0 aromatic heterocycles. The molecular formula is C17H19NO2. The number of carbonyl (C=O) groups excluding carboxylic acids is 1. The zero-order chi connectivity index (χ0) is 14.7. The molecule has 104 valence electrons. The predicted octanol–water partition coefficient (Wildman–Crippen LogP) is 3.50. The van der Waals surface area contributed by atoms with Crippen LogP contribution in [0, 0.1) is 20.8 Å². The molecule has 0 fully saturated rings. The summed E-state index contributed by atoms with van der Waals surface area (Å²) >= 11 is 0. The second-order valence-corrected chi connectivity index (χ2v) is 5.18. The van der Waals surface area contributed by atoms with Crippen LogP contribution in [0.5, 0.6) is 5.75 Å². The highest BCUT2D eigenvalue weighted by atomic mass is 16.3. The van der Waals surface area contributed by atoms with E-state index in [-0.39, 0.29) is 11.7 Å². The number of anilines is 1. The second kappa shape index (κ2) is 5.78. The van der Waals surface area contributed by atoms with Gasteiger partial charge in [0, 0.05) is 0 Å². The van der Waals surface area contributed by atoms with Crippen molar-refractivity contribution in [1.82, 2.24) is 0 Å². The zero-order valence-corrected chi connectivity index (χ0v) is 12.0. The van der Waals surface area contributed by atoms with Crippen LogP contribution in [0.25, 0.3) is 0 Å². The molecule has 0 unspecified atom stereocenters. The fraction of sp³-hybridized carbons (Fsp3) is 0.235. The van der Waals surface area contributed by atoms with Crippen molar-refractivity contribution < 1.29 is 9.90 Å². The fourth-order valence-electron chi connectivity index (χ4n) is 2.11. The minimum absolute atomic E-state index is 0.0966. The minimum atomic E-state index is -0.127. The highest BCUT2D eigenvalue weighted by Crippen LogP contribution is 2.24. The van der Waals surface area contributed by atoms with Gasteiger partial charge in [-0.3, -0.25) is 4.79 Å². The number of aromatic hydroxyl groups is 1. The van der Waals surface area contributed by atoms with Crippen molar-refractivity contribution in [2.75, 3.05) is 5.32 Å². The first-order chi connectivity index (χ1) is 9.45. The first-order valence-electron chi connectivity index (χ1n) is 6.61.